The Labute approximate surface area is 123 Å². The molecule has 2 rings (SSSR count). The van der Waals surface area contributed by atoms with Gasteiger partial charge in [-0.25, -0.2) is 4.39 Å². The van der Waals surface area contributed by atoms with Crippen LogP contribution in [0.5, 0.6) is 5.75 Å². The van der Waals surface area contributed by atoms with E-state index in [4.69, 9.17) is 4.74 Å². The third-order valence-electron chi connectivity index (χ3n) is 3.12. The number of aryl methyl sites for hydroxylation is 2. The molecule has 0 radical (unpaired) electrons. The Morgan fingerprint density at radius 1 is 1.19 bits per heavy atom. The van der Waals surface area contributed by atoms with Crippen molar-refractivity contribution in [2.45, 2.75) is 26.9 Å². The van der Waals surface area contributed by atoms with Crippen molar-refractivity contribution in [2.24, 2.45) is 0 Å². The Kier molecular flexibility index (Phi) is 4.58. The molecule has 1 N–H and O–H groups in total. The van der Waals surface area contributed by atoms with Gasteiger partial charge in [-0.15, -0.1) is 0 Å². The van der Waals surface area contributed by atoms with E-state index >= 15 is 0 Å². The predicted octanol–water partition coefficient (Wildman–Crippen LogP) is 3.85. The summed E-state index contributed by atoms with van der Waals surface area (Å²) < 4.78 is 18.5. The van der Waals surface area contributed by atoms with E-state index < -0.39 is 11.9 Å². The SMILES string of the molecule is Cc1ccc(NC(=O)C(C)Oc2cccc(F)c2)c(C)c1. The molecular formula is C17H18FNO2. The molecule has 21 heavy (non-hydrogen) atoms. The summed E-state index contributed by atoms with van der Waals surface area (Å²) in [5.41, 5.74) is 2.87. The molecule has 0 aliphatic carbocycles. The van der Waals surface area contributed by atoms with Crippen LogP contribution >= 0.6 is 0 Å². The molecule has 0 aromatic heterocycles. The maximum atomic E-state index is 13.1. The number of benzene rings is 2. The van der Waals surface area contributed by atoms with Crippen molar-refractivity contribution in [1.82, 2.24) is 0 Å². The third kappa shape index (κ3) is 4.05. The van der Waals surface area contributed by atoms with Crippen LogP contribution < -0.4 is 10.1 Å². The quantitative estimate of drug-likeness (QED) is 0.927. The van der Waals surface area contributed by atoms with Crippen molar-refractivity contribution in [3.63, 3.8) is 0 Å². The van der Waals surface area contributed by atoms with Gasteiger partial charge in [0.1, 0.15) is 11.6 Å². The maximum absolute atomic E-state index is 13.1. The molecule has 2 aromatic carbocycles. The van der Waals surface area contributed by atoms with Gasteiger partial charge in [-0.05, 0) is 44.5 Å². The van der Waals surface area contributed by atoms with E-state index in [1.807, 2.05) is 32.0 Å². The van der Waals surface area contributed by atoms with Crippen LogP contribution in [0.3, 0.4) is 0 Å². The van der Waals surface area contributed by atoms with E-state index in [0.717, 1.165) is 16.8 Å². The largest absolute Gasteiger partial charge is 0.481 e. The van der Waals surface area contributed by atoms with Gasteiger partial charge in [0.05, 0.1) is 0 Å². The number of anilines is 1. The lowest BCUT2D eigenvalue weighted by atomic mass is 10.1. The molecule has 0 saturated heterocycles. The van der Waals surface area contributed by atoms with Crippen molar-refractivity contribution >= 4 is 11.6 Å². The molecule has 4 heteroatoms. The molecule has 0 aliphatic rings. The zero-order valence-corrected chi connectivity index (χ0v) is 12.3. The fraction of sp³-hybridized carbons (Fsp3) is 0.235. The standard InChI is InChI=1S/C17H18FNO2/c1-11-7-8-16(12(2)9-11)19-17(20)13(3)21-15-6-4-5-14(18)10-15/h4-10,13H,1-3H3,(H,19,20). The van der Waals surface area contributed by atoms with Crippen LogP contribution in [0.15, 0.2) is 42.5 Å². The first-order valence-corrected chi connectivity index (χ1v) is 6.76. The molecule has 0 saturated carbocycles. The summed E-state index contributed by atoms with van der Waals surface area (Å²) in [6.45, 7) is 5.55. The average molecular weight is 287 g/mol. The number of hydrogen-bond acceptors (Lipinski definition) is 2. The van der Waals surface area contributed by atoms with Gasteiger partial charge in [0, 0.05) is 11.8 Å². The van der Waals surface area contributed by atoms with E-state index in [1.165, 1.54) is 12.1 Å². The summed E-state index contributed by atoms with van der Waals surface area (Å²) in [7, 11) is 0. The van der Waals surface area contributed by atoms with Gasteiger partial charge in [-0.3, -0.25) is 4.79 Å². The zero-order chi connectivity index (χ0) is 15.4. The lowest BCUT2D eigenvalue weighted by Crippen LogP contribution is -2.30. The molecule has 3 nitrogen and oxygen atoms in total. The molecule has 1 unspecified atom stereocenters. The highest BCUT2D eigenvalue weighted by molar-refractivity contribution is 5.94. The first-order chi connectivity index (χ1) is 9.95. The topological polar surface area (TPSA) is 38.3 Å². The summed E-state index contributed by atoms with van der Waals surface area (Å²) in [5.74, 6) is -0.334. The van der Waals surface area contributed by atoms with Crippen molar-refractivity contribution in [3.05, 3.63) is 59.4 Å². The molecule has 1 atom stereocenters. The molecule has 0 bridgehead atoms. The van der Waals surface area contributed by atoms with Crippen LogP contribution in [0.2, 0.25) is 0 Å². The minimum Gasteiger partial charge on any atom is -0.481 e. The van der Waals surface area contributed by atoms with Crippen molar-refractivity contribution in [1.29, 1.82) is 0 Å². The van der Waals surface area contributed by atoms with Crippen LogP contribution in [-0.4, -0.2) is 12.0 Å². The van der Waals surface area contributed by atoms with Gasteiger partial charge < -0.3 is 10.1 Å². The summed E-state index contributed by atoms with van der Waals surface area (Å²) in [6.07, 6.45) is -0.715. The number of hydrogen-bond donors (Lipinski definition) is 1. The van der Waals surface area contributed by atoms with Gasteiger partial charge in [-0.2, -0.15) is 0 Å². The Balaban J connectivity index is 2.02. The highest BCUT2D eigenvalue weighted by atomic mass is 19.1. The Bertz CT molecular complexity index is 655. The Hall–Kier alpha value is -2.36. The van der Waals surface area contributed by atoms with Gasteiger partial charge in [0.15, 0.2) is 6.10 Å². The highest BCUT2D eigenvalue weighted by Crippen LogP contribution is 2.18. The molecular weight excluding hydrogens is 269 g/mol. The second-order valence-electron chi connectivity index (χ2n) is 5.03. The number of carbonyl (C=O) groups excluding carboxylic acids is 1. The number of nitrogens with one attached hydrogen (secondary N) is 1. The first-order valence-electron chi connectivity index (χ1n) is 6.76. The zero-order valence-electron chi connectivity index (χ0n) is 12.3. The molecule has 1 amide bonds. The van der Waals surface area contributed by atoms with Crippen LogP contribution in [0, 0.1) is 19.7 Å². The third-order valence-corrected chi connectivity index (χ3v) is 3.12. The van der Waals surface area contributed by atoms with Crippen molar-refractivity contribution < 1.29 is 13.9 Å². The number of amides is 1. The minimum atomic E-state index is -0.715. The van der Waals surface area contributed by atoms with E-state index in [0.29, 0.717) is 5.75 Å². The Morgan fingerprint density at radius 2 is 1.95 bits per heavy atom. The molecule has 0 fully saturated rings. The predicted molar refractivity (Wildman–Crippen MR) is 81.0 cm³/mol. The number of carbonyl (C=O) groups is 1. The molecule has 2 aromatic rings. The van der Waals surface area contributed by atoms with Crippen LogP contribution in [0.25, 0.3) is 0 Å². The molecule has 0 heterocycles. The Morgan fingerprint density at radius 3 is 2.62 bits per heavy atom. The van der Waals surface area contributed by atoms with Gasteiger partial charge in [-0.1, -0.05) is 23.8 Å². The number of ether oxygens (including phenoxy) is 1. The normalized spacial score (nSPS) is 11.8. The van der Waals surface area contributed by atoms with Gasteiger partial charge in [0.2, 0.25) is 0 Å². The fourth-order valence-corrected chi connectivity index (χ4v) is 1.99. The molecule has 0 aliphatic heterocycles. The molecule has 0 spiro atoms. The van der Waals surface area contributed by atoms with E-state index in [9.17, 15) is 9.18 Å². The summed E-state index contributed by atoms with van der Waals surface area (Å²) in [5, 5.41) is 2.81. The monoisotopic (exact) mass is 287 g/mol. The average Bonchev–Trinajstić information content (AvgIpc) is 2.41. The minimum absolute atomic E-state index is 0.272. The maximum Gasteiger partial charge on any atom is 0.265 e. The van der Waals surface area contributed by atoms with Crippen LogP contribution in [0.4, 0.5) is 10.1 Å². The summed E-state index contributed by atoms with van der Waals surface area (Å²) >= 11 is 0. The van der Waals surface area contributed by atoms with Crippen LogP contribution in [0.1, 0.15) is 18.1 Å². The van der Waals surface area contributed by atoms with E-state index in [2.05, 4.69) is 5.32 Å². The van der Waals surface area contributed by atoms with Crippen LogP contribution in [-0.2, 0) is 4.79 Å². The van der Waals surface area contributed by atoms with E-state index in [1.54, 1.807) is 19.1 Å². The molecule has 110 valence electrons. The van der Waals surface area contributed by atoms with Crippen molar-refractivity contribution in [2.75, 3.05) is 5.32 Å². The lowest BCUT2D eigenvalue weighted by Gasteiger charge is -2.16. The first kappa shape index (κ1) is 15.0. The highest BCUT2D eigenvalue weighted by Gasteiger charge is 2.15. The van der Waals surface area contributed by atoms with Crippen molar-refractivity contribution in [3.8, 4) is 5.75 Å². The van der Waals surface area contributed by atoms with Gasteiger partial charge >= 0.3 is 0 Å². The number of halogens is 1. The second-order valence-corrected chi connectivity index (χ2v) is 5.03. The summed E-state index contributed by atoms with van der Waals surface area (Å²) in [6, 6.07) is 11.5. The van der Waals surface area contributed by atoms with Gasteiger partial charge in [0.25, 0.3) is 5.91 Å². The second kappa shape index (κ2) is 6.39. The number of rotatable bonds is 4. The summed E-state index contributed by atoms with van der Waals surface area (Å²) in [4.78, 5) is 12.1. The fourth-order valence-electron chi connectivity index (χ4n) is 1.99. The lowest BCUT2D eigenvalue weighted by molar-refractivity contribution is -0.122. The smallest absolute Gasteiger partial charge is 0.265 e. The van der Waals surface area contributed by atoms with E-state index in [-0.39, 0.29) is 5.91 Å².